The van der Waals surface area contributed by atoms with E-state index >= 15 is 0 Å². The summed E-state index contributed by atoms with van der Waals surface area (Å²) in [4.78, 5) is 0.155. The number of benzene rings is 1. The molecule has 1 aliphatic heterocycles. The predicted octanol–water partition coefficient (Wildman–Crippen LogP) is 2.32. The molecule has 0 bridgehead atoms. The van der Waals surface area contributed by atoms with E-state index in [9.17, 15) is 8.42 Å². The van der Waals surface area contributed by atoms with Crippen LogP contribution in [0, 0.1) is 12.3 Å². The molecule has 1 aromatic carbocycles. The number of rotatable bonds is 4. The standard InChI is InChI=1S/C14H21ClN2O2S/c1-11-3-4-13(12(15)9-11)20(18,19)17-10-14(2)5-7-16-8-6-14/h3-4,9,16-17H,5-8,10H2,1-2H3. The number of halogens is 1. The number of aryl methyl sites for hydroxylation is 1. The molecule has 0 spiro atoms. The minimum absolute atomic E-state index is 0.00942. The molecule has 112 valence electrons. The summed E-state index contributed by atoms with van der Waals surface area (Å²) >= 11 is 6.04. The largest absolute Gasteiger partial charge is 0.317 e. The van der Waals surface area contributed by atoms with Crippen LogP contribution in [0.25, 0.3) is 0 Å². The van der Waals surface area contributed by atoms with Crippen LogP contribution in [-0.4, -0.2) is 28.1 Å². The van der Waals surface area contributed by atoms with Crippen LogP contribution in [0.4, 0.5) is 0 Å². The summed E-state index contributed by atoms with van der Waals surface area (Å²) < 4.78 is 27.4. The Morgan fingerprint density at radius 3 is 2.60 bits per heavy atom. The van der Waals surface area contributed by atoms with Crippen molar-refractivity contribution < 1.29 is 8.42 Å². The van der Waals surface area contributed by atoms with Crippen molar-refractivity contribution in [1.82, 2.24) is 10.0 Å². The highest BCUT2D eigenvalue weighted by Gasteiger charge is 2.29. The van der Waals surface area contributed by atoms with Gasteiger partial charge in [0.25, 0.3) is 0 Å². The van der Waals surface area contributed by atoms with Gasteiger partial charge in [0.2, 0.25) is 10.0 Å². The summed E-state index contributed by atoms with van der Waals surface area (Å²) in [5.41, 5.74) is 0.953. The van der Waals surface area contributed by atoms with E-state index in [0.29, 0.717) is 6.54 Å². The Balaban J connectivity index is 2.11. The lowest BCUT2D eigenvalue weighted by atomic mass is 9.81. The Bertz CT molecular complexity index is 581. The zero-order chi connectivity index (χ0) is 14.8. The van der Waals surface area contributed by atoms with E-state index in [1.165, 1.54) is 0 Å². The van der Waals surface area contributed by atoms with Crippen molar-refractivity contribution >= 4 is 21.6 Å². The van der Waals surface area contributed by atoms with Gasteiger partial charge in [-0.15, -0.1) is 0 Å². The first kappa shape index (κ1) is 15.8. The molecule has 0 amide bonds. The molecular weight excluding hydrogens is 296 g/mol. The first-order valence-corrected chi connectivity index (χ1v) is 8.65. The van der Waals surface area contributed by atoms with Crippen molar-refractivity contribution in [1.29, 1.82) is 0 Å². The number of hydrogen-bond donors (Lipinski definition) is 2. The summed E-state index contributed by atoms with van der Waals surface area (Å²) in [5.74, 6) is 0. The Morgan fingerprint density at radius 1 is 1.35 bits per heavy atom. The van der Waals surface area contributed by atoms with Gasteiger partial charge in [-0.2, -0.15) is 0 Å². The average Bonchev–Trinajstić information content (AvgIpc) is 2.37. The van der Waals surface area contributed by atoms with E-state index in [1.54, 1.807) is 18.2 Å². The summed E-state index contributed by atoms with van der Waals surface area (Å²) in [6, 6.07) is 4.99. The molecule has 0 aromatic heterocycles. The van der Waals surface area contributed by atoms with Crippen LogP contribution in [0.5, 0.6) is 0 Å². The van der Waals surface area contributed by atoms with Crippen molar-refractivity contribution in [2.45, 2.75) is 31.6 Å². The number of nitrogens with one attached hydrogen (secondary N) is 2. The summed E-state index contributed by atoms with van der Waals surface area (Å²) in [5, 5.41) is 3.56. The molecule has 20 heavy (non-hydrogen) atoms. The van der Waals surface area contributed by atoms with Gasteiger partial charge in [0, 0.05) is 6.54 Å². The lowest BCUT2D eigenvalue weighted by Gasteiger charge is -2.34. The second kappa shape index (κ2) is 6.02. The van der Waals surface area contributed by atoms with Gasteiger partial charge in [-0.3, -0.25) is 0 Å². The molecule has 0 radical (unpaired) electrons. The summed E-state index contributed by atoms with van der Waals surface area (Å²) in [6.07, 6.45) is 1.94. The van der Waals surface area contributed by atoms with Gasteiger partial charge in [-0.05, 0) is 56.0 Å². The minimum atomic E-state index is -3.55. The third kappa shape index (κ3) is 3.73. The maximum absolute atomic E-state index is 12.3. The van der Waals surface area contributed by atoms with E-state index in [-0.39, 0.29) is 15.3 Å². The van der Waals surface area contributed by atoms with Gasteiger partial charge in [-0.1, -0.05) is 24.6 Å². The van der Waals surface area contributed by atoms with Crippen molar-refractivity contribution in [2.75, 3.05) is 19.6 Å². The van der Waals surface area contributed by atoms with Crippen molar-refractivity contribution in [3.8, 4) is 0 Å². The lowest BCUT2D eigenvalue weighted by Crippen LogP contribution is -2.42. The molecule has 1 aromatic rings. The Labute approximate surface area is 126 Å². The molecule has 1 heterocycles. The molecule has 4 nitrogen and oxygen atoms in total. The van der Waals surface area contributed by atoms with Crippen LogP contribution in [0.1, 0.15) is 25.3 Å². The maximum Gasteiger partial charge on any atom is 0.242 e. The fourth-order valence-corrected chi connectivity index (χ4v) is 4.17. The molecular formula is C14H21ClN2O2S. The predicted molar refractivity (Wildman–Crippen MR) is 81.6 cm³/mol. The van der Waals surface area contributed by atoms with E-state index in [1.807, 2.05) is 6.92 Å². The molecule has 6 heteroatoms. The second-order valence-electron chi connectivity index (χ2n) is 5.82. The third-order valence-corrected chi connectivity index (χ3v) is 5.76. The van der Waals surface area contributed by atoms with E-state index < -0.39 is 10.0 Å². The molecule has 1 saturated heterocycles. The Morgan fingerprint density at radius 2 is 2.00 bits per heavy atom. The monoisotopic (exact) mass is 316 g/mol. The highest BCUT2D eigenvalue weighted by atomic mass is 35.5. The molecule has 0 unspecified atom stereocenters. The fourth-order valence-electron chi connectivity index (χ4n) is 2.38. The van der Waals surface area contributed by atoms with Gasteiger partial charge in [0.05, 0.1) is 5.02 Å². The molecule has 1 aliphatic rings. The van der Waals surface area contributed by atoms with Gasteiger partial charge >= 0.3 is 0 Å². The lowest BCUT2D eigenvalue weighted by molar-refractivity contribution is 0.232. The SMILES string of the molecule is Cc1ccc(S(=O)(=O)NCC2(C)CCNCC2)c(Cl)c1. The molecule has 0 atom stereocenters. The number of hydrogen-bond acceptors (Lipinski definition) is 3. The molecule has 1 fully saturated rings. The van der Waals surface area contributed by atoms with E-state index in [2.05, 4.69) is 17.0 Å². The summed E-state index contributed by atoms with van der Waals surface area (Å²) in [6.45, 7) is 6.31. The molecule has 0 aliphatic carbocycles. The average molecular weight is 317 g/mol. The number of sulfonamides is 1. The van der Waals surface area contributed by atoms with Crippen LogP contribution in [0.2, 0.25) is 5.02 Å². The highest BCUT2D eigenvalue weighted by molar-refractivity contribution is 7.89. The first-order chi connectivity index (χ1) is 9.32. The zero-order valence-corrected chi connectivity index (χ0v) is 13.4. The summed E-state index contributed by atoms with van der Waals surface area (Å²) in [7, 11) is -3.55. The van der Waals surface area contributed by atoms with Crippen LogP contribution >= 0.6 is 11.6 Å². The molecule has 0 saturated carbocycles. The quantitative estimate of drug-likeness (QED) is 0.896. The molecule has 2 rings (SSSR count). The second-order valence-corrected chi connectivity index (χ2v) is 7.96. The first-order valence-electron chi connectivity index (χ1n) is 6.79. The van der Waals surface area contributed by atoms with Gasteiger partial charge in [0.1, 0.15) is 4.90 Å². The van der Waals surface area contributed by atoms with Crippen molar-refractivity contribution in [3.63, 3.8) is 0 Å². The van der Waals surface area contributed by atoms with Gasteiger partial charge in [-0.25, -0.2) is 13.1 Å². The maximum atomic E-state index is 12.3. The van der Waals surface area contributed by atoms with E-state index in [4.69, 9.17) is 11.6 Å². The van der Waals surface area contributed by atoms with Crippen LogP contribution in [0.3, 0.4) is 0 Å². The normalized spacial score (nSPS) is 18.9. The Hall–Kier alpha value is -0.620. The zero-order valence-electron chi connectivity index (χ0n) is 11.9. The topological polar surface area (TPSA) is 58.2 Å². The van der Waals surface area contributed by atoms with Crippen LogP contribution < -0.4 is 10.0 Å². The van der Waals surface area contributed by atoms with Crippen molar-refractivity contribution in [2.24, 2.45) is 5.41 Å². The van der Waals surface area contributed by atoms with E-state index in [0.717, 1.165) is 31.5 Å². The van der Waals surface area contributed by atoms with Crippen LogP contribution in [-0.2, 0) is 10.0 Å². The Kier molecular flexibility index (Phi) is 4.74. The fraction of sp³-hybridized carbons (Fsp3) is 0.571. The van der Waals surface area contributed by atoms with Gasteiger partial charge < -0.3 is 5.32 Å². The molecule has 2 N–H and O–H groups in total. The third-order valence-electron chi connectivity index (χ3n) is 3.88. The van der Waals surface area contributed by atoms with Crippen molar-refractivity contribution in [3.05, 3.63) is 28.8 Å². The van der Waals surface area contributed by atoms with Crippen LogP contribution in [0.15, 0.2) is 23.1 Å². The minimum Gasteiger partial charge on any atom is -0.317 e. The van der Waals surface area contributed by atoms with Gasteiger partial charge in [0.15, 0.2) is 0 Å². The highest BCUT2D eigenvalue weighted by Crippen LogP contribution is 2.28. The smallest absolute Gasteiger partial charge is 0.242 e. The number of piperidine rings is 1.